The van der Waals surface area contributed by atoms with E-state index < -0.39 is 11.7 Å². The minimum atomic E-state index is -1.09. The molecule has 1 heterocycles. The van der Waals surface area contributed by atoms with Crippen LogP contribution in [0.15, 0.2) is 28.9 Å². The SMILES string of the molecule is CC(C)(C)OC(=O)Cc1cn(C(=O)O)c2ccc(Br)cc12. The van der Waals surface area contributed by atoms with Crippen LogP contribution >= 0.6 is 15.9 Å². The molecule has 1 aromatic heterocycles. The Labute approximate surface area is 130 Å². The van der Waals surface area contributed by atoms with Crippen molar-refractivity contribution in [3.63, 3.8) is 0 Å². The first-order chi connectivity index (χ1) is 9.67. The summed E-state index contributed by atoms with van der Waals surface area (Å²) in [6, 6.07) is 5.26. The zero-order valence-electron chi connectivity index (χ0n) is 12.0. The Morgan fingerprint density at radius 1 is 1.33 bits per heavy atom. The lowest BCUT2D eigenvalue weighted by atomic mass is 10.1. The molecule has 0 unspecified atom stereocenters. The second kappa shape index (κ2) is 5.52. The van der Waals surface area contributed by atoms with Gasteiger partial charge in [0, 0.05) is 16.1 Å². The fraction of sp³-hybridized carbons (Fsp3) is 0.333. The van der Waals surface area contributed by atoms with Crippen LogP contribution in [0.5, 0.6) is 0 Å². The highest BCUT2D eigenvalue weighted by Gasteiger charge is 2.20. The Kier molecular flexibility index (Phi) is 4.09. The van der Waals surface area contributed by atoms with Crippen molar-refractivity contribution in [1.82, 2.24) is 4.57 Å². The van der Waals surface area contributed by atoms with Crippen molar-refractivity contribution in [3.05, 3.63) is 34.4 Å². The van der Waals surface area contributed by atoms with Crippen LogP contribution in [0.25, 0.3) is 10.9 Å². The first kappa shape index (κ1) is 15.6. The fourth-order valence-electron chi connectivity index (χ4n) is 2.10. The molecule has 5 nitrogen and oxygen atoms in total. The smallest absolute Gasteiger partial charge is 0.416 e. The zero-order chi connectivity index (χ0) is 15.8. The molecule has 0 aliphatic rings. The lowest BCUT2D eigenvalue weighted by molar-refractivity contribution is -0.153. The predicted octanol–water partition coefficient (Wildman–Crippen LogP) is 3.81. The van der Waals surface area contributed by atoms with Gasteiger partial charge in [-0.2, -0.15) is 0 Å². The largest absolute Gasteiger partial charge is 0.464 e. The van der Waals surface area contributed by atoms with Gasteiger partial charge >= 0.3 is 12.1 Å². The summed E-state index contributed by atoms with van der Waals surface area (Å²) in [5.41, 5.74) is 0.607. The molecule has 0 saturated heterocycles. The average Bonchev–Trinajstić information content (AvgIpc) is 2.65. The van der Waals surface area contributed by atoms with E-state index in [1.165, 1.54) is 6.20 Å². The van der Waals surface area contributed by atoms with Gasteiger partial charge in [-0.05, 0) is 44.5 Å². The molecule has 0 fully saturated rings. The molecule has 0 bridgehead atoms. The Hall–Kier alpha value is -1.82. The van der Waals surface area contributed by atoms with Gasteiger partial charge in [-0.15, -0.1) is 0 Å². The summed E-state index contributed by atoms with van der Waals surface area (Å²) in [4.78, 5) is 23.2. The van der Waals surface area contributed by atoms with E-state index in [9.17, 15) is 14.7 Å². The summed E-state index contributed by atoms with van der Waals surface area (Å²) in [6.45, 7) is 5.38. The van der Waals surface area contributed by atoms with Crippen LogP contribution in [-0.2, 0) is 16.0 Å². The number of nitrogens with zero attached hydrogens (tertiary/aromatic N) is 1. The van der Waals surface area contributed by atoms with Gasteiger partial charge in [-0.1, -0.05) is 15.9 Å². The molecule has 112 valence electrons. The van der Waals surface area contributed by atoms with Gasteiger partial charge in [-0.3, -0.25) is 9.36 Å². The fourth-order valence-corrected chi connectivity index (χ4v) is 2.46. The molecule has 0 spiro atoms. The van der Waals surface area contributed by atoms with Gasteiger partial charge < -0.3 is 9.84 Å². The normalized spacial score (nSPS) is 11.6. The second-order valence-electron chi connectivity index (χ2n) is 5.73. The van der Waals surface area contributed by atoms with E-state index in [0.29, 0.717) is 11.1 Å². The molecular weight excluding hydrogens is 338 g/mol. The molecule has 0 amide bonds. The number of halogens is 1. The number of carboxylic acid groups (broad SMARTS) is 1. The van der Waals surface area contributed by atoms with Crippen molar-refractivity contribution >= 4 is 38.9 Å². The molecule has 6 heteroatoms. The number of carbonyl (C=O) groups is 2. The van der Waals surface area contributed by atoms with Gasteiger partial charge in [0.25, 0.3) is 0 Å². The number of hydrogen-bond acceptors (Lipinski definition) is 3. The first-order valence-corrected chi connectivity index (χ1v) is 7.21. The number of hydrogen-bond donors (Lipinski definition) is 1. The van der Waals surface area contributed by atoms with Crippen molar-refractivity contribution in [2.24, 2.45) is 0 Å². The third-order valence-electron chi connectivity index (χ3n) is 2.81. The predicted molar refractivity (Wildman–Crippen MR) is 82.6 cm³/mol. The Balaban J connectivity index is 2.42. The maximum absolute atomic E-state index is 11.9. The van der Waals surface area contributed by atoms with Crippen LogP contribution in [0, 0.1) is 0 Å². The van der Waals surface area contributed by atoms with Crippen molar-refractivity contribution in [1.29, 1.82) is 0 Å². The van der Waals surface area contributed by atoms with E-state index in [4.69, 9.17) is 4.74 Å². The van der Waals surface area contributed by atoms with Crippen molar-refractivity contribution < 1.29 is 19.4 Å². The topological polar surface area (TPSA) is 68.5 Å². The molecule has 1 N–H and O–H groups in total. The van der Waals surface area contributed by atoms with E-state index in [-0.39, 0.29) is 12.4 Å². The van der Waals surface area contributed by atoms with Gasteiger partial charge in [0.1, 0.15) is 5.60 Å². The summed E-state index contributed by atoms with van der Waals surface area (Å²) in [5.74, 6) is -0.382. The molecule has 2 rings (SSSR count). The molecule has 0 atom stereocenters. The van der Waals surface area contributed by atoms with Gasteiger partial charge in [0.05, 0.1) is 11.9 Å². The second-order valence-corrected chi connectivity index (χ2v) is 6.65. The first-order valence-electron chi connectivity index (χ1n) is 6.42. The zero-order valence-corrected chi connectivity index (χ0v) is 13.6. The molecular formula is C15H16BrNO4. The molecule has 0 aliphatic carbocycles. The molecule has 21 heavy (non-hydrogen) atoms. The Morgan fingerprint density at radius 3 is 2.57 bits per heavy atom. The van der Waals surface area contributed by atoms with Gasteiger partial charge in [0.2, 0.25) is 0 Å². The number of ether oxygens (including phenoxy) is 1. The third-order valence-corrected chi connectivity index (χ3v) is 3.30. The minimum absolute atomic E-state index is 0.0322. The maximum Gasteiger partial charge on any atom is 0.416 e. The van der Waals surface area contributed by atoms with Crippen LogP contribution in [0.4, 0.5) is 4.79 Å². The summed E-state index contributed by atoms with van der Waals surface area (Å²) in [6.07, 6.45) is 0.409. The van der Waals surface area contributed by atoms with Crippen molar-refractivity contribution in [3.8, 4) is 0 Å². The summed E-state index contributed by atoms with van der Waals surface area (Å²) >= 11 is 3.36. The number of carbonyl (C=O) groups excluding carboxylic acids is 1. The van der Waals surface area contributed by atoms with Gasteiger partial charge in [-0.25, -0.2) is 4.79 Å². The quantitative estimate of drug-likeness (QED) is 0.833. The van der Waals surface area contributed by atoms with E-state index in [1.54, 1.807) is 39.0 Å². The van der Waals surface area contributed by atoms with Gasteiger partial charge in [0.15, 0.2) is 0 Å². The molecule has 2 aromatic rings. The van der Waals surface area contributed by atoms with Crippen LogP contribution in [0.1, 0.15) is 26.3 Å². The Bertz CT molecular complexity index is 712. The summed E-state index contributed by atoms with van der Waals surface area (Å²) in [5, 5.41) is 9.94. The summed E-state index contributed by atoms with van der Waals surface area (Å²) < 4.78 is 7.22. The monoisotopic (exact) mass is 353 g/mol. The number of esters is 1. The average molecular weight is 354 g/mol. The van der Waals surface area contributed by atoms with Crippen LogP contribution in [-0.4, -0.2) is 27.3 Å². The van der Waals surface area contributed by atoms with Crippen LogP contribution < -0.4 is 0 Å². The number of rotatable bonds is 2. The van der Waals surface area contributed by atoms with Crippen molar-refractivity contribution in [2.45, 2.75) is 32.8 Å². The Morgan fingerprint density at radius 2 is 2.00 bits per heavy atom. The molecule has 0 aliphatic heterocycles. The van der Waals surface area contributed by atoms with E-state index in [2.05, 4.69) is 15.9 Å². The standard InChI is InChI=1S/C15H16BrNO4/c1-15(2,3)21-13(18)6-9-8-17(14(19)20)12-5-4-10(16)7-11(9)12/h4-5,7-8H,6H2,1-3H3,(H,19,20). The number of fused-ring (bicyclic) bond motifs is 1. The lowest BCUT2D eigenvalue weighted by Crippen LogP contribution is -2.24. The summed E-state index contributed by atoms with van der Waals surface area (Å²) in [7, 11) is 0. The lowest BCUT2D eigenvalue weighted by Gasteiger charge is -2.19. The number of aromatic nitrogens is 1. The third kappa shape index (κ3) is 3.64. The van der Waals surface area contributed by atoms with Crippen molar-refractivity contribution in [2.75, 3.05) is 0 Å². The van der Waals surface area contributed by atoms with E-state index >= 15 is 0 Å². The molecule has 1 aromatic carbocycles. The maximum atomic E-state index is 11.9. The van der Waals surface area contributed by atoms with E-state index in [0.717, 1.165) is 14.4 Å². The minimum Gasteiger partial charge on any atom is -0.464 e. The highest BCUT2D eigenvalue weighted by molar-refractivity contribution is 9.10. The number of benzene rings is 1. The van der Waals surface area contributed by atoms with E-state index in [1.807, 2.05) is 0 Å². The molecule has 0 saturated carbocycles. The highest BCUT2D eigenvalue weighted by atomic mass is 79.9. The van der Waals surface area contributed by atoms with Crippen LogP contribution in [0.2, 0.25) is 0 Å². The highest BCUT2D eigenvalue weighted by Crippen LogP contribution is 2.26. The molecule has 0 radical (unpaired) electrons. The van der Waals surface area contributed by atoms with Crippen LogP contribution in [0.3, 0.4) is 0 Å².